The number of hydrogen-bond donors (Lipinski definition) is 1. The van der Waals surface area contributed by atoms with Gasteiger partial charge in [0.05, 0.1) is 30.3 Å². The molecule has 2 aliphatic heterocycles. The Hall–Kier alpha value is -3.18. The predicted molar refractivity (Wildman–Crippen MR) is 210 cm³/mol. The molecule has 11 atom stereocenters. The van der Waals surface area contributed by atoms with E-state index < -0.39 is 70.6 Å². The predicted octanol–water partition coefficient (Wildman–Crippen LogP) is 7.39. The van der Waals surface area contributed by atoms with Crippen LogP contribution in [0, 0.1) is 40.9 Å². The molecule has 0 aromatic carbocycles. The molecule has 1 saturated carbocycles. The van der Waals surface area contributed by atoms with Crippen LogP contribution in [0.2, 0.25) is 0 Å². The number of aliphatic hydroxyl groups is 1. The largest absolute Gasteiger partial charge is 0.469 e. The van der Waals surface area contributed by atoms with Gasteiger partial charge in [-0.3, -0.25) is 28.8 Å². The number of carbonyl (C=O) groups excluding carboxylic acids is 6. The molecule has 4 rings (SSSR count). The van der Waals surface area contributed by atoms with Crippen LogP contribution in [-0.4, -0.2) is 77.0 Å². The quantitative estimate of drug-likeness (QED) is 0.172. The summed E-state index contributed by atoms with van der Waals surface area (Å²) in [5.41, 5.74) is -2.16. The van der Waals surface area contributed by atoms with E-state index in [-0.39, 0.29) is 67.2 Å². The summed E-state index contributed by atoms with van der Waals surface area (Å²) in [6, 6.07) is 0. The second-order valence-corrected chi connectivity index (χ2v) is 18.5. The normalized spacial score (nSPS) is 39.1. The smallest absolute Gasteiger partial charge is 0.313 e. The lowest BCUT2D eigenvalue weighted by atomic mass is 9.52. The number of rotatable bonds is 4. The number of ether oxygens (including phenoxy) is 4. The Morgan fingerprint density at radius 1 is 0.893 bits per heavy atom. The second-order valence-electron chi connectivity index (χ2n) is 18.5. The maximum absolute atomic E-state index is 14.9. The molecular formula is C45H68O11. The Morgan fingerprint density at radius 3 is 2.18 bits per heavy atom. The lowest BCUT2D eigenvalue weighted by Crippen LogP contribution is -2.58. The zero-order valence-corrected chi connectivity index (χ0v) is 35.8. The van der Waals surface area contributed by atoms with Crippen molar-refractivity contribution >= 4 is 35.3 Å². The van der Waals surface area contributed by atoms with Gasteiger partial charge in [-0.1, -0.05) is 57.8 Å². The first-order valence-electron chi connectivity index (χ1n) is 20.8. The number of esters is 3. The fourth-order valence-electron chi connectivity index (χ4n) is 10.2. The van der Waals surface area contributed by atoms with Crippen LogP contribution in [0.4, 0.5) is 0 Å². The molecule has 0 unspecified atom stereocenters. The molecule has 56 heavy (non-hydrogen) atoms. The molecule has 4 aliphatic rings. The minimum absolute atomic E-state index is 0.00833. The number of Topliss-reactive ketones (excluding diaryl/α,β-unsaturated/α-hetero) is 3. The minimum atomic E-state index is -1.75. The van der Waals surface area contributed by atoms with Gasteiger partial charge in [-0.15, -0.1) is 0 Å². The van der Waals surface area contributed by atoms with Gasteiger partial charge in [0.25, 0.3) is 0 Å². The fraction of sp³-hybridized carbons (Fsp3) is 0.778. The number of ketones is 3. The Labute approximate surface area is 334 Å². The van der Waals surface area contributed by atoms with Gasteiger partial charge in [-0.05, 0) is 83.6 Å². The first kappa shape index (κ1) is 45.5. The molecule has 0 amide bonds. The van der Waals surface area contributed by atoms with Gasteiger partial charge in [0.1, 0.15) is 29.1 Å². The molecule has 11 heteroatoms. The molecular weight excluding hydrogens is 716 g/mol. The molecule has 1 N–H and O–H groups in total. The number of fused-ring (bicyclic) bond motifs is 5. The number of methoxy groups -OCH3 is 1. The maximum atomic E-state index is 14.9. The van der Waals surface area contributed by atoms with Crippen LogP contribution in [0.5, 0.6) is 0 Å². The fourth-order valence-corrected chi connectivity index (χ4v) is 10.2. The standard InChI is InChI=1S/C45H68O11/c1-25(2)32-22-35(48)28(5)14-12-13-26(3)20-36(49)33-21-29(6)41-34(45(33,23-37(32)50)42(51)53-11)19-27(4)15-16-40-44(10,56-31(8)47)18-17-39(55-40)43(9,52)24-38(41)54-30(7)46/h19,25-26,28,32-34,38-40,52H,12-18,20-24H2,1-11H3/b27-19-/t26-,28+,32-,33+,34-,38-,39+,40-,43+,44+,45+/m1/s1. The third-order valence-corrected chi connectivity index (χ3v) is 13.5. The number of hydrogen-bond acceptors (Lipinski definition) is 11. The summed E-state index contributed by atoms with van der Waals surface area (Å²) >= 11 is 0. The molecule has 0 radical (unpaired) electrons. The Bertz CT molecular complexity index is 1590. The van der Waals surface area contributed by atoms with E-state index in [4.69, 9.17) is 18.9 Å². The van der Waals surface area contributed by atoms with E-state index in [0.717, 1.165) is 24.0 Å². The zero-order chi connectivity index (χ0) is 41.9. The van der Waals surface area contributed by atoms with Crippen molar-refractivity contribution in [2.24, 2.45) is 40.9 Å². The van der Waals surface area contributed by atoms with Gasteiger partial charge in [0, 0.05) is 63.2 Å². The molecule has 2 bridgehead atoms. The highest BCUT2D eigenvalue weighted by Gasteiger charge is 2.61. The summed E-state index contributed by atoms with van der Waals surface area (Å²) in [5.74, 6) is -5.28. The van der Waals surface area contributed by atoms with Gasteiger partial charge in [0.15, 0.2) is 0 Å². The van der Waals surface area contributed by atoms with Crippen molar-refractivity contribution in [1.29, 1.82) is 0 Å². The summed E-state index contributed by atoms with van der Waals surface area (Å²) in [6.07, 6.45) is 3.24. The highest BCUT2D eigenvalue weighted by atomic mass is 16.6. The number of carbonyl (C=O) groups is 6. The Balaban J connectivity index is 2.04. The third kappa shape index (κ3) is 9.91. The van der Waals surface area contributed by atoms with Gasteiger partial charge >= 0.3 is 17.9 Å². The van der Waals surface area contributed by atoms with E-state index in [1.807, 2.05) is 54.5 Å². The van der Waals surface area contributed by atoms with Gasteiger partial charge in [-0.25, -0.2) is 0 Å². The van der Waals surface area contributed by atoms with Crippen LogP contribution in [0.25, 0.3) is 0 Å². The van der Waals surface area contributed by atoms with Crippen molar-refractivity contribution in [3.8, 4) is 0 Å². The third-order valence-electron chi connectivity index (χ3n) is 13.5. The number of allylic oxidation sites excluding steroid dienone is 3. The van der Waals surface area contributed by atoms with E-state index in [0.29, 0.717) is 37.7 Å². The van der Waals surface area contributed by atoms with Crippen LogP contribution >= 0.6 is 0 Å². The van der Waals surface area contributed by atoms with Crippen LogP contribution in [0.3, 0.4) is 0 Å². The van der Waals surface area contributed by atoms with E-state index >= 15 is 0 Å². The molecule has 2 fully saturated rings. The van der Waals surface area contributed by atoms with E-state index in [1.165, 1.54) is 21.0 Å². The van der Waals surface area contributed by atoms with Crippen molar-refractivity contribution < 1.29 is 52.8 Å². The maximum Gasteiger partial charge on any atom is 0.313 e. The lowest BCUT2D eigenvalue weighted by Gasteiger charge is -2.51. The van der Waals surface area contributed by atoms with E-state index in [1.54, 1.807) is 6.92 Å². The monoisotopic (exact) mass is 784 g/mol. The highest BCUT2D eigenvalue weighted by molar-refractivity contribution is 5.97. The zero-order valence-electron chi connectivity index (χ0n) is 35.8. The summed E-state index contributed by atoms with van der Waals surface area (Å²) in [7, 11) is 1.27. The second kappa shape index (κ2) is 18.2. The van der Waals surface area contributed by atoms with Crippen LogP contribution in [0.15, 0.2) is 22.8 Å². The first-order valence-corrected chi connectivity index (χ1v) is 20.8. The van der Waals surface area contributed by atoms with Crippen molar-refractivity contribution in [3.63, 3.8) is 0 Å². The Kier molecular flexibility index (Phi) is 14.8. The minimum Gasteiger partial charge on any atom is -0.469 e. The average molecular weight is 785 g/mol. The first-order chi connectivity index (χ1) is 26.1. The molecule has 1 saturated heterocycles. The molecule has 11 nitrogen and oxygen atoms in total. The molecule has 2 aliphatic carbocycles. The summed E-state index contributed by atoms with van der Waals surface area (Å²) in [6.45, 7) is 17.6. The summed E-state index contributed by atoms with van der Waals surface area (Å²) < 4.78 is 24.2. The van der Waals surface area contributed by atoms with Gasteiger partial charge in [0.2, 0.25) is 0 Å². The Morgan fingerprint density at radius 2 is 1.57 bits per heavy atom. The van der Waals surface area contributed by atoms with Crippen molar-refractivity contribution in [2.75, 3.05) is 7.11 Å². The average Bonchev–Trinajstić information content (AvgIpc) is 3.08. The lowest BCUT2D eigenvalue weighted by molar-refractivity contribution is -0.231. The van der Waals surface area contributed by atoms with Crippen molar-refractivity contribution in [3.05, 3.63) is 22.8 Å². The van der Waals surface area contributed by atoms with Crippen molar-refractivity contribution in [2.45, 2.75) is 176 Å². The summed E-state index contributed by atoms with van der Waals surface area (Å²) in [4.78, 5) is 83.5. The molecule has 0 aromatic heterocycles. The molecule has 0 spiro atoms. The topological polar surface area (TPSA) is 160 Å². The van der Waals surface area contributed by atoms with E-state index in [9.17, 15) is 33.9 Å². The van der Waals surface area contributed by atoms with E-state index in [2.05, 4.69) is 0 Å². The molecule has 2 heterocycles. The molecule has 0 aromatic rings. The van der Waals surface area contributed by atoms with Crippen LogP contribution in [-0.2, 0) is 47.7 Å². The van der Waals surface area contributed by atoms with Gasteiger partial charge < -0.3 is 24.1 Å². The molecule has 314 valence electrons. The highest BCUT2D eigenvalue weighted by Crippen LogP contribution is 2.56. The summed E-state index contributed by atoms with van der Waals surface area (Å²) in [5, 5.41) is 12.3. The van der Waals surface area contributed by atoms with Crippen LogP contribution in [0.1, 0.15) is 146 Å². The SMILES string of the molecule is COC(=O)[C@@]12CC(=O)[C@@H](C(C)C)CC(=O)[C@@H](C)CCC[C@@H](C)CC(=O)[C@@H]1CC(C)=C1[C@H]2/C=C(/C)CC[C@H]2O[C@@H](CC[C@]2(C)OC(C)=O)[C@@](C)(O)C[C@H]1OC(C)=O. The van der Waals surface area contributed by atoms with Crippen molar-refractivity contribution in [1.82, 2.24) is 0 Å². The van der Waals surface area contributed by atoms with Gasteiger partial charge in [-0.2, -0.15) is 0 Å². The van der Waals surface area contributed by atoms with Crippen LogP contribution < -0.4 is 0 Å².